The number of carboxylic acid groups (broad SMARTS) is 1. The van der Waals surface area contributed by atoms with Crippen LogP contribution in [0.4, 0.5) is 0 Å². The Morgan fingerprint density at radius 1 is 1.29 bits per heavy atom. The van der Waals surface area contributed by atoms with E-state index in [9.17, 15) is 9.59 Å². The fraction of sp³-hybridized carbons (Fsp3) is 0.818. The molecular formula is C11H22ClNO4. The highest BCUT2D eigenvalue weighted by Gasteiger charge is 2.24. The number of nitrogens with zero attached hydrogens (tertiary/aromatic N) is 1. The second kappa shape index (κ2) is 8.31. The van der Waals surface area contributed by atoms with Crippen molar-refractivity contribution in [2.45, 2.75) is 32.3 Å². The average Bonchev–Trinajstić information content (AvgIpc) is 1.98. The number of quaternary nitrogens is 1. The third-order valence-corrected chi connectivity index (χ3v) is 1.91. The first kappa shape index (κ1) is 18.6. The summed E-state index contributed by atoms with van der Waals surface area (Å²) in [5.41, 5.74) is 0. The van der Waals surface area contributed by atoms with Crippen LogP contribution in [0.15, 0.2) is 0 Å². The summed E-state index contributed by atoms with van der Waals surface area (Å²) in [5.74, 6) is -1.26. The first-order valence-corrected chi connectivity index (χ1v) is 5.46. The highest BCUT2D eigenvalue weighted by molar-refractivity contribution is 5.71. The van der Waals surface area contributed by atoms with E-state index >= 15 is 0 Å². The monoisotopic (exact) mass is 267 g/mol. The highest BCUT2D eigenvalue weighted by Crippen LogP contribution is 2.07. The summed E-state index contributed by atoms with van der Waals surface area (Å²) < 4.78 is 5.71. The van der Waals surface area contributed by atoms with Gasteiger partial charge in [-0.2, -0.15) is 0 Å². The van der Waals surface area contributed by atoms with E-state index in [4.69, 9.17) is 9.84 Å². The number of esters is 1. The van der Waals surface area contributed by atoms with Crippen LogP contribution in [0.2, 0.25) is 0 Å². The summed E-state index contributed by atoms with van der Waals surface area (Å²) in [6, 6.07) is 0. The Hall–Kier alpha value is -0.810. The fourth-order valence-corrected chi connectivity index (χ4v) is 1.40. The number of ether oxygens (including phenoxy) is 1. The third kappa shape index (κ3) is 11.5. The molecule has 0 fully saturated rings. The molecule has 0 aromatic carbocycles. The number of carbonyl (C=O) groups is 2. The molecule has 0 radical (unpaired) electrons. The predicted molar refractivity (Wildman–Crippen MR) is 59.9 cm³/mol. The van der Waals surface area contributed by atoms with Crippen LogP contribution in [-0.4, -0.2) is 55.3 Å². The van der Waals surface area contributed by atoms with Gasteiger partial charge in [0.1, 0.15) is 6.54 Å². The van der Waals surface area contributed by atoms with Gasteiger partial charge < -0.3 is 26.7 Å². The first-order chi connectivity index (χ1) is 7.24. The van der Waals surface area contributed by atoms with E-state index in [1.807, 2.05) is 28.1 Å². The Balaban J connectivity index is 0. The van der Waals surface area contributed by atoms with Gasteiger partial charge in [0, 0.05) is 6.42 Å². The molecule has 0 bridgehead atoms. The molecule has 0 aliphatic heterocycles. The summed E-state index contributed by atoms with van der Waals surface area (Å²) in [7, 11) is 5.80. The van der Waals surface area contributed by atoms with Crippen molar-refractivity contribution in [1.82, 2.24) is 0 Å². The Morgan fingerprint density at radius 2 is 1.82 bits per heavy atom. The van der Waals surface area contributed by atoms with E-state index in [-0.39, 0.29) is 24.8 Å². The van der Waals surface area contributed by atoms with Crippen molar-refractivity contribution in [3.8, 4) is 0 Å². The molecule has 102 valence electrons. The van der Waals surface area contributed by atoms with Crippen molar-refractivity contribution in [1.29, 1.82) is 0 Å². The molecule has 0 aromatic heterocycles. The molecule has 1 atom stereocenters. The fourth-order valence-electron chi connectivity index (χ4n) is 1.40. The number of hydrogen-bond acceptors (Lipinski definition) is 3. The van der Waals surface area contributed by atoms with Crippen molar-refractivity contribution in [3.63, 3.8) is 0 Å². The smallest absolute Gasteiger partial charge is 0.307 e. The molecule has 0 saturated heterocycles. The summed E-state index contributed by atoms with van der Waals surface area (Å²) in [6.07, 6.45) is 0.373. The van der Waals surface area contributed by atoms with Gasteiger partial charge in [0.15, 0.2) is 6.10 Å². The second-order valence-corrected chi connectivity index (χ2v) is 4.93. The average molecular weight is 268 g/mol. The highest BCUT2D eigenvalue weighted by atomic mass is 35.5. The molecule has 0 rings (SSSR count). The number of carbonyl (C=O) groups excluding carboxylic acids is 1. The van der Waals surface area contributed by atoms with Crippen molar-refractivity contribution in [2.75, 3.05) is 27.7 Å². The van der Waals surface area contributed by atoms with Crippen molar-refractivity contribution in [3.05, 3.63) is 0 Å². The minimum atomic E-state index is -0.942. The van der Waals surface area contributed by atoms with E-state index in [2.05, 4.69) is 0 Å². The lowest BCUT2D eigenvalue weighted by molar-refractivity contribution is -0.873. The maximum absolute atomic E-state index is 11.3. The number of carboxylic acids is 1. The molecule has 6 heteroatoms. The number of rotatable bonds is 7. The quantitative estimate of drug-likeness (QED) is 0.423. The zero-order valence-corrected chi connectivity index (χ0v) is 11.7. The first-order valence-electron chi connectivity index (χ1n) is 5.46. The molecule has 5 nitrogen and oxygen atoms in total. The number of likely N-dealkylation sites (N-methyl/N-ethyl adjacent to an activating group) is 1. The number of aliphatic carboxylic acids is 1. The second-order valence-electron chi connectivity index (χ2n) is 4.93. The van der Waals surface area contributed by atoms with Gasteiger partial charge in [-0.3, -0.25) is 9.59 Å². The van der Waals surface area contributed by atoms with Crippen molar-refractivity contribution >= 4 is 11.9 Å². The standard InChI is InChI=1S/C11H21NO4.ClH/c1-5-6-11(15)16-9(7-10(13)14)8-12(2,3)4;/h9H,5-8H2,1-4H3;1H/t9-;/m1./s1. The third-order valence-electron chi connectivity index (χ3n) is 1.91. The van der Waals surface area contributed by atoms with Gasteiger partial charge in [-0.1, -0.05) is 6.92 Å². The van der Waals surface area contributed by atoms with Crippen LogP contribution in [0.25, 0.3) is 0 Å². The maximum Gasteiger partial charge on any atom is 0.307 e. The maximum atomic E-state index is 11.3. The minimum Gasteiger partial charge on any atom is -1.00 e. The zero-order chi connectivity index (χ0) is 12.8. The van der Waals surface area contributed by atoms with E-state index in [0.29, 0.717) is 23.9 Å². The normalized spacial score (nSPS) is 12.5. The number of halogens is 1. The minimum absolute atomic E-state index is 0. The Labute approximate surface area is 109 Å². The molecular weight excluding hydrogens is 246 g/mol. The topological polar surface area (TPSA) is 63.6 Å². The molecule has 0 aliphatic rings. The van der Waals surface area contributed by atoms with Gasteiger partial charge >= 0.3 is 11.9 Å². The SMILES string of the molecule is CCCC(=O)O[C@H](CC(=O)O)C[N+](C)(C)C.[Cl-]. The van der Waals surface area contributed by atoms with Crippen LogP contribution >= 0.6 is 0 Å². The van der Waals surface area contributed by atoms with Crippen molar-refractivity contribution in [2.24, 2.45) is 0 Å². The lowest BCUT2D eigenvalue weighted by atomic mass is 10.2. The van der Waals surface area contributed by atoms with Crippen LogP contribution in [0.5, 0.6) is 0 Å². The van der Waals surface area contributed by atoms with Crippen LogP contribution in [-0.2, 0) is 14.3 Å². The van der Waals surface area contributed by atoms with Crippen LogP contribution < -0.4 is 12.4 Å². The van der Waals surface area contributed by atoms with Gasteiger partial charge in [0.25, 0.3) is 0 Å². The molecule has 0 spiro atoms. The van der Waals surface area contributed by atoms with E-state index in [1.165, 1.54) is 0 Å². The summed E-state index contributed by atoms with van der Waals surface area (Å²) >= 11 is 0. The largest absolute Gasteiger partial charge is 1.00 e. The van der Waals surface area contributed by atoms with Crippen LogP contribution in [0, 0.1) is 0 Å². The van der Waals surface area contributed by atoms with Gasteiger partial charge in [-0.25, -0.2) is 0 Å². The Morgan fingerprint density at radius 3 is 2.18 bits per heavy atom. The van der Waals surface area contributed by atoms with Crippen LogP contribution in [0.1, 0.15) is 26.2 Å². The van der Waals surface area contributed by atoms with Crippen molar-refractivity contribution < 1.29 is 36.3 Å². The summed E-state index contributed by atoms with van der Waals surface area (Å²) in [4.78, 5) is 21.9. The summed E-state index contributed by atoms with van der Waals surface area (Å²) in [6.45, 7) is 2.38. The molecule has 17 heavy (non-hydrogen) atoms. The molecule has 0 amide bonds. The van der Waals surface area contributed by atoms with E-state index in [0.717, 1.165) is 0 Å². The molecule has 0 saturated carbocycles. The summed E-state index contributed by atoms with van der Waals surface area (Å²) in [5, 5.41) is 8.73. The lowest BCUT2D eigenvalue weighted by Gasteiger charge is -2.28. The predicted octanol–water partition coefficient (Wildman–Crippen LogP) is -2.12. The lowest BCUT2D eigenvalue weighted by Crippen LogP contribution is -3.00. The van der Waals surface area contributed by atoms with Gasteiger partial charge in [-0.05, 0) is 6.42 Å². The van der Waals surface area contributed by atoms with Gasteiger partial charge in [-0.15, -0.1) is 0 Å². The van der Waals surface area contributed by atoms with Crippen LogP contribution in [0.3, 0.4) is 0 Å². The Bertz CT molecular complexity index is 250. The molecule has 0 aliphatic carbocycles. The van der Waals surface area contributed by atoms with E-state index in [1.54, 1.807) is 0 Å². The molecule has 0 unspecified atom stereocenters. The zero-order valence-electron chi connectivity index (χ0n) is 10.9. The number of hydrogen-bond donors (Lipinski definition) is 1. The molecule has 0 aromatic rings. The molecule has 1 N–H and O–H groups in total. The van der Waals surface area contributed by atoms with E-state index < -0.39 is 12.1 Å². The Kier molecular flexibility index (Phi) is 9.06. The van der Waals surface area contributed by atoms with Gasteiger partial charge in [0.05, 0.1) is 27.6 Å². The van der Waals surface area contributed by atoms with Gasteiger partial charge in [0.2, 0.25) is 0 Å². The molecule has 0 heterocycles.